The molecule has 0 fully saturated rings. The number of aryl methyl sites for hydroxylation is 1. The number of benzene rings is 1. The van der Waals surface area contributed by atoms with Crippen molar-refractivity contribution in [3.8, 4) is 0 Å². The van der Waals surface area contributed by atoms with E-state index >= 15 is 0 Å². The van der Waals surface area contributed by atoms with E-state index in [1.165, 1.54) is 12.1 Å². The summed E-state index contributed by atoms with van der Waals surface area (Å²) in [4.78, 5) is 16.7. The lowest BCUT2D eigenvalue weighted by Crippen LogP contribution is -2.26. The predicted molar refractivity (Wildman–Crippen MR) is 126 cm³/mol. The first-order valence-electron chi connectivity index (χ1n) is 10.8. The molecule has 0 unspecified atom stereocenters. The van der Waals surface area contributed by atoms with Crippen molar-refractivity contribution < 1.29 is 4.39 Å². The molecule has 0 radical (unpaired) electrons. The zero-order valence-corrected chi connectivity index (χ0v) is 18.8. The number of hydrogen-bond donors (Lipinski definition) is 0. The molecule has 5 rings (SSSR count). The molecule has 31 heavy (non-hydrogen) atoms. The quantitative estimate of drug-likeness (QED) is 0.512. The Labute approximate surface area is 182 Å². The molecule has 2 aromatic heterocycles. The second-order valence-electron chi connectivity index (χ2n) is 9.32. The number of anilines is 2. The van der Waals surface area contributed by atoms with Gasteiger partial charge < -0.3 is 4.90 Å². The van der Waals surface area contributed by atoms with Gasteiger partial charge in [0.25, 0.3) is 0 Å². The van der Waals surface area contributed by atoms with Crippen molar-refractivity contribution >= 4 is 33.6 Å². The van der Waals surface area contributed by atoms with Crippen molar-refractivity contribution in [3.63, 3.8) is 0 Å². The van der Waals surface area contributed by atoms with E-state index in [-0.39, 0.29) is 11.2 Å². The number of fused-ring (bicyclic) bond motifs is 2. The van der Waals surface area contributed by atoms with Gasteiger partial charge in [-0.2, -0.15) is 0 Å². The minimum atomic E-state index is -0.275. The Morgan fingerprint density at radius 3 is 2.68 bits per heavy atom. The number of nitrogens with zero attached hydrogens (tertiary/aromatic N) is 4. The summed E-state index contributed by atoms with van der Waals surface area (Å²) in [6, 6.07) is 7.12. The van der Waals surface area contributed by atoms with Crippen LogP contribution in [0.1, 0.15) is 49.7 Å². The molecule has 2 aliphatic rings. The lowest BCUT2D eigenvalue weighted by Gasteiger charge is -2.27. The van der Waals surface area contributed by atoms with E-state index in [0.717, 1.165) is 70.1 Å². The Balaban J connectivity index is 1.82. The lowest BCUT2D eigenvalue weighted by atomic mass is 9.91. The van der Waals surface area contributed by atoms with E-state index in [0.29, 0.717) is 5.52 Å². The Morgan fingerprint density at radius 1 is 1.10 bits per heavy atom. The number of dihydropyridines is 1. The number of rotatable bonds is 2. The molecule has 3 aromatic rings. The molecule has 0 atom stereocenters. The second-order valence-corrected chi connectivity index (χ2v) is 9.32. The molecule has 4 nitrogen and oxygen atoms in total. The van der Waals surface area contributed by atoms with Gasteiger partial charge in [-0.05, 0) is 56.5 Å². The van der Waals surface area contributed by atoms with Crippen LogP contribution in [0.3, 0.4) is 0 Å². The maximum absolute atomic E-state index is 14.2. The highest BCUT2D eigenvalue weighted by Gasteiger charge is 2.39. The van der Waals surface area contributed by atoms with Crippen molar-refractivity contribution in [1.82, 2.24) is 9.97 Å². The lowest BCUT2D eigenvalue weighted by molar-refractivity contribution is 0.554. The van der Waals surface area contributed by atoms with Gasteiger partial charge in [-0.15, -0.1) is 0 Å². The molecule has 0 N–H and O–H groups in total. The van der Waals surface area contributed by atoms with Crippen molar-refractivity contribution in [3.05, 3.63) is 64.9 Å². The predicted octanol–water partition coefficient (Wildman–Crippen LogP) is 6.06. The SMILES string of the molecule is CC1=NCCC=C1c1nc2cc(F)ccc2c(N2CC(C)(C)c3ncc(C)cc32)c1C. The molecule has 0 amide bonds. The third-order valence-electron chi connectivity index (χ3n) is 6.39. The summed E-state index contributed by atoms with van der Waals surface area (Å²) < 4.78 is 14.2. The molecule has 1 aromatic carbocycles. The Morgan fingerprint density at radius 2 is 1.90 bits per heavy atom. The van der Waals surface area contributed by atoms with Crippen LogP contribution in [0.4, 0.5) is 15.8 Å². The van der Waals surface area contributed by atoms with Crippen LogP contribution in [-0.4, -0.2) is 28.8 Å². The minimum absolute atomic E-state index is 0.0905. The number of halogens is 1. The van der Waals surface area contributed by atoms with Gasteiger partial charge in [0.15, 0.2) is 0 Å². The maximum Gasteiger partial charge on any atom is 0.125 e. The third-order valence-corrected chi connectivity index (χ3v) is 6.39. The van der Waals surface area contributed by atoms with Crippen LogP contribution in [0.2, 0.25) is 0 Å². The average molecular weight is 415 g/mol. The molecule has 0 aliphatic carbocycles. The van der Waals surface area contributed by atoms with E-state index in [9.17, 15) is 4.39 Å². The van der Waals surface area contributed by atoms with Crippen molar-refractivity contribution in [2.75, 3.05) is 18.0 Å². The number of pyridine rings is 2. The highest BCUT2D eigenvalue weighted by atomic mass is 19.1. The van der Waals surface area contributed by atoms with Gasteiger partial charge in [0.05, 0.1) is 28.3 Å². The Bertz CT molecular complexity index is 1290. The number of aliphatic imine (C=N–C) groups is 1. The van der Waals surface area contributed by atoms with Crippen molar-refractivity contribution in [2.45, 2.75) is 46.5 Å². The number of hydrogen-bond acceptors (Lipinski definition) is 4. The molecule has 2 aliphatic heterocycles. The first kappa shape index (κ1) is 19.9. The van der Waals surface area contributed by atoms with Crippen LogP contribution in [0.15, 0.2) is 41.5 Å². The summed E-state index contributed by atoms with van der Waals surface area (Å²) in [5.74, 6) is -0.275. The second kappa shape index (κ2) is 6.98. The molecule has 5 heteroatoms. The fourth-order valence-corrected chi connectivity index (χ4v) is 4.90. The zero-order chi connectivity index (χ0) is 21.9. The first-order valence-corrected chi connectivity index (χ1v) is 10.8. The van der Waals surface area contributed by atoms with Gasteiger partial charge in [-0.25, -0.2) is 9.37 Å². The molecule has 0 saturated carbocycles. The van der Waals surface area contributed by atoms with Crippen LogP contribution >= 0.6 is 0 Å². The largest absolute Gasteiger partial charge is 0.338 e. The molecule has 158 valence electrons. The van der Waals surface area contributed by atoms with Gasteiger partial charge in [0.2, 0.25) is 0 Å². The molecule has 0 bridgehead atoms. The van der Waals surface area contributed by atoms with Crippen LogP contribution in [0, 0.1) is 19.7 Å². The van der Waals surface area contributed by atoms with Crippen molar-refractivity contribution in [1.29, 1.82) is 0 Å². The normalized spacial score (nSPS) is 17.5. The zero-order valence-electron chi connectivity index (χ0n) is 18.8. The molecular weight excluding hydrogens is 387 g/mol. The summed E-state index contributed by atoms with van der Waals surface area (Å²) in [7, 11) is 0. The molecule has 4 heterocycles. The Hall–Kier alpha value is -3.08. The smallest absolute Gasteiger partial charge is 0.125 e. The number of aromatic nitrogens is 2. The summed E-state index contributed by atoms with van der Waals surface area (Å²) in [5.41, 5.74) is 9.03. The Kier molecular flexibility index (Phi) is 4.47. The summed E-state index contributed by atoms with van der Waals surface area (Å²) in [5, 5.41) is 0.957. The van der Waals surface area contributed by atoms with Gasteiger partial charge in [0, 0.05) is 47.4 Å². The summed E-state index contributed by atoms with van der Waals surface area (Å²) >= 11 is 0. The van der Waals surface area contributed by atoms with Gasteiger partial charge in [-0.3, -0.25) is 9.98 Å². The van der Waals surface area contributed by atoms with Crippen LogP contribution in [0.5, 0.6) is 0 Å². The fourth-order valence-electron chi connectivity index (χ4n) is 4.90. The summed E-state index contributed by atoms with van der Waals surface area (Å²) in [6.07, 6.45) is 5.04. The van der Waals surface area contributed by atoms with E-state index in [1.807, 2.05) is 19.2 Å². The van der Waals surface area contributed by atoms with Crippen LogP contribution < -0.4 is 4.90 Å². The van der Waals surface area contributed by atoms with Gasteiger partial charge in [-0.1, -0.05) is 19.9 Å². The average Bonchev–Trinajstić information content (AvgIpc) is 2.98. The van der Waals surface area contributed by atoms with E-state index in [2.05, 4.69) is 49.7 Å². The minimum Gasteiger partial charge on any atom is -0.338 e. The van der Waals surface area contributed by atoms with Gasteiger partial charge in [0.1, 0.15) is 5.82 Å². The van der Waals surface area contributed by atoms with E-state index in [1.54, 1.807) is 0 Å². The van der Waals surface area contributed by atoms with Crippen molar-refractivity contribution in [2.24, 2.45) is 4.99 Å². The van der Waals surface area contributed by atoms with Gasteiger partial charge >= 0.3 is 0 Å². The maximum atomic E-state index is 14.2. The third kappa shape index (κ3) is 3.14. The highest BCUT2D eigenvalue weighted by molar-refractivity contribution is 6.23. The summed E-state index contributed by atoms with van der Waals surface area (Å²) in [6.45, 7) is 12.3. The van der Waals surface area contributed by atoms with E-state index in [4.69, 9.17) is 9.97 Å². The standard InChI is InChI=1S/C26H27FN4/c1-15-11-22-25(29-13-15)26(4,5)14-31(22)24-16(2)23(19-7-6-10-28-17(19)3)30-21-12-18(27)8-9-20(21)24/h7-9,11-13H,6,10,14H2,1-5H3. The molecule has 0 saturated heterocycles. The highest BCUT2D eigenvalue weighted by Crippen LogP contribution is 2.47. The van der Waals surface area contributed by atoms with E-state index < -0.39 is 0 Å². The van der Waals surface area contributed by atoms with Crippen LogP contribution in [-0.2, 0) is 5.41 Å². The molecule has 0 spiro atoms. The first-order chi connectivity index (χ1) is 14.8. The topological polar surface area (TPSA) is 41.4 Å². The molecular formula is C26H27FN4. The van der Waals surface area contributed by atoms with Crippen LogP contribution in [0.25, 0.3) is 16.5 Å². The monoisotopic (exact) mass is 414 g/mol. The number of allylic oxidation sites excluding steroid dienone is 1. The fraction of sp³-hybridized carbons (Fsp3) is 0.346.